The van der Waals surface area contributed by atoms with Gasteiger partial charge in [0.1, 0.15) is 12.4 Å². The van der Waals surface area contributed by atoms with Crippen molar-refractivity contribution >= 4 is 29.4 Å². The number of ether oxygens (including phenoxy) is 2. The lowest BCUT2D eigenvalue weighted by atomic mass is 9.94. The third-order valence-corrected chi connectivity index (χ3v) is 5.30. The average molecular weight is 457 g/mol. The second kappa shape index (κ2) is 10.3. The molecule has 7 nitrogen and oxygen atoms in total. The van der Waals surface area contributed by atoms with Crippen LogP contribution in [0.2, 0.25) is 5.02 Å². The fourth-order valence-electron chi connectivity index (χ4n) is 3.52. The van der Waals surface area contributed by atoms with Crippen molar-refractivity contribution in [2.24, 2.45) is 0 Å². The van der Waals surface area contributed by atoms with E-state index in [9.17, 15) is 14.4 Å². The molecule has 1 heterocycles. The zero-order chi connectivity index (χ0) is 23.3. The van der Waals surface area contributed by atoms with E-state index in [0.717, 1.165) is 0 Å². The van der Waals surface area contributed by atoms with Gasteiger partial charge in [-0.2, -0.15) is 0 Å². The van der Waals surface area contributed by atoms with Crippen LogP contribution in [0.1, 0.15) is 42.7 Å². The zero-order valence-electron chi connectivity index (χ0n) is 18.2. The highest BCUT2D eigenvalue weighted by Crippen LogP contribution is 2.33. The number of urea groups is 1. The minimum absolute atomic E-state index is 0.0358. The summed E-state index contributed by atoms with van der Waals surface area (Å²) in [5, 5.41) is 3.36. The lowest BCUT2D eigenvalue weighted by molar-refractivity contribution is -0.139. The first-order valence-electron chi connectivity index (χ1n) is 10.3. The Morgan fingerprint density at radius 2 is 1.84 bits per heavy atom. The maximum Gasteiger partial charge on any atom is 0.338 e. The summed E-state index contributed by atoms with van der Waals surface area (Å²) in [6, 6.07) is 12.6. The van der Waals surface area contributed by atoms with Gasteiger partial charge >= 0.3 is 12.0 Å². The summed E-state index contributed by atoms with van der Waals surface area (Å²) in [6.07, 6.45) is 0. The molecule has 2 aromatic rings. The topological polar surface area (TPSA) is 84.9 Å². The molecule has 2 aromatic carbocycles. The number of carbonyl (C=O) groups is 3. The molecule has 3 rings (SSSR count). The molecule has 2 amide bonds. The maximum atomic E-state index is 13.0. The summed E-state index contributed by atoms with van der Waals surface area (Å²) in [7, 11) is 0. The van der Waals surface area contributed by atoms with Crippen molar-refractivity contribution in [1.82, 2.24) is 10.2 Å². The Balaban J connectivity index is 2.02. The van der Waals surface area contributed by atoms with Gasteiger partial charge in [-0.3, -0.25) is 9.69 Å². The highest BCUT2D eigenvalue weighted by molar-refractivity contribution is 6.30. The number of nitrogens with one attached hydrogen (secondary N) is 1. The molecule has 8 heteroatoms. The number of benzene rings is 2. The summed E-state index contributed by atoms with van der Waals surface area (Å²) in [6.45, 7) is 5.50. The number of carbonyl (C=O) groups excluding carboxylic acids is 3. The molecule has 0 fully saturated rings. The zero-order valence-corrected chi connectivity index (χ0v) is 18.9. The number of halogens is 1. The molecular formula is C24H25ClN2O5. The van der Waals surface area contributed by atoms with Crippen molar-refractivity contribution in [3.63, 3.8) is 0 Å². The van der Waals surface area contributed by atoms with E-state index in [0.29, 0.717) is 34.1 Å². The smallest absolute Gasteiger partial charge is 0.338 e. The quantitative estimate of drug-likeness (QED) is 0.466. The van der Waals surface area contributed by atoms with E-state index < -0.39 is 12.0 Å². The monoisotopic (exact) mass is 456 g/mol. The van der Waals surface area contributed by atoms with Crippen LogP contribution >= 0.6 is 11.6 Å². The lowest BCUT2D eigenvalue weighted by Gasteiger charge is -2.36. The van der Waals surface area contributed by atoms with Crippen LogP contribution in [0.25, 0.3) is 0 Å². The highest BCUT2D eigenvalue weighted by atomic mass is 35.5. The maximum absolute atomic E-state index is 13.0. The first-order chi connectivity index (χ1) is 15.3. The molecule has 1 aliphatic heterocycles. The van der Waals surface area contributed by atoms with Gasteiger partial charge in [0.25, 0.3) is 0 Å². The fraction of sp³-hybridized carbons (Fsp3) is 0.292. The third kappa shape index (κ3) is 5.11. The number of rotatable bonds is 8. The molecule has 0 spiro atoms. The molecule has 0 aromatic heterocycles. The van der Waals surface area contributed by atoms with Crippen LogP contribution in [0.5, 0.6) is 5.75 Å². The van der Waals surface area contributed by atoms with Crippen LogP contribution in [-0.2, 0) is 9.53 Å². The Morgan fingerprint density at radius 1 is 1.12 bits per heavy atom. The summed E-state index contributed by atoms with van der Waals surface area (Å²) in [5.74, 6) is -0.0807. The Bertz CT molecular complexity index is 1050. The van der Waals surface area contributed by atoms with E-state index in [1.807, 2.05) is 6.92 Å². The summed E-state index contributed by atoms with van der Waals surface area (Å²) in [4.78, 5) is 38.8. The van der Waals surface area contributed by atoms with E-state index in [4.69, 9.17) is 21.1 Å². The van der Waals surface area contributed by atoms with Crippen molar-refractivity contribution in [2.45, 2.75) is 26.8 Å². The van der Waals surface area contributed by atoms with Crippen LogP contribution < -0.4 is 10.1 Å². The molecule has 1 atom stereocenters. The van der Waals surface area contributed by atoms with E-state index >= 15 is 0 Å². The van der Waals surface area contributed by atoms with Crippen LogP contribution in [0.4, 0.5) is 4.79 Å². The minimum atomic E-state index is -0.735. The van der Waals surface area contributed by atoms with Crippen LogP contribution in [0, 0.1) is 0 Å². The Kier molecular flexibility index (Phi) is 7.53. The normalized spacial score (nSPS) is 15.9. The molecule has 168 valence electrons. The first kappa shape index (κ1) is 23.3. The average Bonchev–Trinajstić information content (AvgIpc) is 2.77. The molecule has 0 saturated carbocycles. The number of likely N-dealkylation sites (N-methyl/N-ethyl adjacent to an activating group) is 1. The predicted molar refractivity (Wildman–Crippen MR) is 121 cm³/mol. The largest absolute Gasteiger partial charge is 0.487 e. The number of Topliss-reactive ketones (excluding diaryl/α,β-unsaturated/α-hetero) is 1. The molecule has 0 bridgehead atoms. The molecular weight excluding hydrogens is 432 g/mol. The molecule has 1 aliphatic rings. The second-order valence-corrected chi connectivity index (χ2v) is 7.57. The summed E-state index contributed by atoms with van der Waals surface area (Å²) >= 11 is 6.15. The number of amides is 2. The number of hydrogen-bond acceptors (Lipinski definition) is 5. The molecule has 0 radical (unpaired) electrons. The van der Waals surface area contributed by atoms with E-state index in [1.54, 1.807) is 55.5 Å². The number of ketones is 1. The number of hydrogen-bond donors (Lipinski definition) is 1. The van der Waals surface area contributed by atoms with Gasteiger partial charge < -0.3 is 14.8 Å². The molecule has 1 N–H and O–H groups in total. The van der Waals surface area contributed by atoms with Gasteiger partial charge in [0.2, 0.25) is 0 Å². The number of nitrogens with zero attached hydrogens (tertiary/aromatic N) is 1. The van der Waals surface area contributed by atoms with Crippen molar-refractivity contribution in [3.05, 3.63) is 76.0 Å². The molecule has 0 aliphatic carbocycles. The van der Waals surface area contributed by atoms with E-state index in [-0.39, 0.29) is 30.6 Å². The fourth-order valence-corrected chi connectivity index (χ4v) is 3.72. The van der Waals surface area contributed by atoms with Crippen molar-refractivity contribution in [1.29, 1.82) is 0 Å². The van der Waals surface area contributed by atoms with Crippen molar-refractivity contribution < 1.29 is 23.9 Å². The van der Waals surface area contributed by atoms with Gasteiger partial charge in [-0.1, -0.05) is 23.7 Å². The molecule has 32 heavy (non-hydrogen) atoms. The molecule has 0 unspecified atom stereocenters. The van der Waals surface area contributed by atoms with Gasteiger partial charge in [-0.15, -0.1) is 0 Å². The standard InChI is InChI=1S/C24H25ClN2O5/c1-4-27-20(14-32-19-11-9-16(10-12-19)15(3)28)21(23(29)31-5-2)22(26-24(27)30)17-7-6-8-18(25)13-17/h6-13,22H,4-5,14H2,1-3H3,(H,26,30)/t22-/m0/s1. The van der Waals surface area contributed by atoms with E-state index in [1.165, 1.54) is 11.8 Å². The SMILES string of the molecule is CCOC(=O)C1=C(COc2ccc(C(C)=O)cc2)N(CC)C(=O)N[C@H]1c1cccc(Cl)c1. The van der Waals surface area contributed by atoms with Crippen molar-refractivity contribution in [2.75, 3.05) is 19.8 Å². The summed E-state index contributed by atoms with van der Waals surface area (Å²) in [5.41, 5.74) is 1.93. The van der Waals surface area contributed by atoms with Gasteiger partial charge in [0.05, 0.1) is 23.9 Å². The Labute approximate surface area is 191 Å². The Morgan fingerprint density at radius 3 is 2.44 bits per heavy atom. The summed E-state index contributed by atoms with van der Waals surface area (Å²) < 4.78 is 11.2. The van der Waals surface area contributed by atoms with E-state index in [2.05, 4.69) is 5.32 Å². The van der Waals surface area contributed by atoms with Gasteiger partial charge in [0.15, 0.2) is 5.78 Å². The Hall–Kier alpha value is -3.32. The van der Waals surface area contributed by atoms with Crippen molar-refractivity contribution in [3.8, 4) is 5.75 Å². The second-order valence-electron chi connectivity index (χ2n) is 7.13. The van der Waals surface area contributed by atoms with Crippen LogP contribution in [-0.4, -0.2) is 42.4 Å². The first-order valence-corrected chi connectivity index (χ1v) is 10.7. The number of esters is 1. The lowest BCUT2D eigenvalue weighted by Crippen LogP contribution is -2.49. The van der Waals surface area contributed by atoms with Crippen LogP contribution in [0.3, 0.4) is 0 Å². The minimum Gasteiger partial charge on any atom is -0.487 e. The van der Waals surface area contributed by atoms with Crippen LogP contribution in [0.15, 0.2) is 59.8 Å². The van der Waals surface area contributed by atoms with Gasteiger partial charge in [0, 0.05) is 17.1 Å². The highest BCUT2D eigenvalue weighted by Gasteiger charge is 2.38. The van der Waals surface area contributed by atoms with Gasteiger partial charge in [-0.25, -0.2) is 9.59 Å². The molecule has 0 saturated heterocycles. The third-order valence-electron chi connectivity index (χ3n) is 5.07. The predicted octanol–water partition coefficient (Wildman–Crippen LogP) is 4.53. The van der Waals surface area contributed by atoms with Gasteiger partial charge in [-0.05, 0) is 62.7 Å².